The molecule has 2 N–H and O–H groups in total. The van der Waals surface area contributed by atoms with E-state index in [1.54, 1.807) is 36.4 Å². The molecule has 1 aliphatic heterocycles. The van der Waals surface area contributed by atoms with Crippen molar-refractivity contribution in [2.75, 3.05) is 18.4 Å². The first kappa shape index (κ1) is 22.5. The van der Waals surface area contributed by atoms with Crippen molar-refractivity contribution in [1.29, 1.82) is 0 Å². The van der Waals surface area contributed by atoms with Crippen LogP contribution in [0.15, 0.2) is 54.6 Å². The van der Waals surface area contributed by atoms with E-state index in [9.17, 15) is 9.59 Å². The number of nitrogens with one attached hydrogen (secondary N) is 1. The molecule has 1 aliphatic rings. The van der Waals surface area contributed by atoms with Crippen molar-refractivity contribution in [2.24, 2.45) is 5.92 Å². The largest absolute Gasteiger partial charge is 0.481 e. The molecule has 3 aromatic rings. The summed E-state index contributed by atoms with van der Waals surface area (Å²) in [4.78, 5) is 29.8. The van der Waals surface area contributed by atoms with Crippen LogP contribution >= 0.6 is 34.8 Å². The Bertz CT molecular complexity index is 1120. The van der Waals surface area contributed by atoms with Gasteiger partial charge in [0.2, 0.25) is 9.62 Å². The molecular weight excluding hydrogens is 477 g/mol. The number of rotatable bonds is 6. The first-order valence-corrected chi connectivity index (χ1v) is 10.8. The van der Waals surface area contributed by atoms with Crippen molar-refractivity contribution < 1.29 is 14.7 Å². The van der Waals surface area contributed by atoms with Crippen LogP contribution in [-0.2, 0) is 15.1 Å². The predicted octanol–water partition coefficient (Wildman–Crippen LogP) is 3.86. The highest BCUT2D eigenvalue weighted by Gasteiger charge is 2.33. The lowest BCUT2D eigenvalue weighted by molar-refractivity contribution is -0.147. The molecule has 0 saturated carbocycles. The van der Waals surface area contributed by atoms with Gasteiger partial charge in [-0.05, 0) is 29.8 Å². The Kier molecular flexibility index (Phi) is 6.39. The summed E-state index contributed by atoms with van der Waals surface area (Å²) in [7, 11) is 0. The van der Waals surface area contributed by atoms with E-state index in [1.807, 2.05) is 23.1 Å². The Morgan fingerprint density at radius 2 is 1.72 bits per heavy atom. The number of carbonyl (C=O) groups is 2. The number of anilines is 1. The standard InChI is InChI=1S/C21H18Cl3N5O3/c22-21(23,24)20-26-17(27-29(20)16-4-2-1-3-5-16)18(30)25-15-8-6-13(7-9-15)10-28-11-14(12-28)19(31)32/h1-9,14H,10-12H2,(H,25,30)(H,31,32). The number of hydrogen-bond donors (Lipinski definition) is 2. The Balaban J connectivity index is 1.45. The van der Waals surface area contributed by atoms with Crippen LogP contribution in [-0.4, -0.2) is 49.7 Å². The van der Waals surface area contributed by atoms with Crippen LogP contribution in [0.25, 0.3) is 5.69 Å². The minimum Gasteiger partial charge on any atom is -0.481 e. The Hall–Kier alpha value is -2.65. The topological polar surface area (TPSA) is 100 Å². The van der Waals surface area contributed by atoms with Crippen LogP contribution in [0.1, 0.15) is 22.0 Å². The summed E-state index contributed by atoms with van der Waals surface area (Å²) in [5.74, 6) is -1.74. The molecule has 1 fully saturated rings. The second kappa shape index (κ2) is 9.07. The van der Waals surface area contributed by atoms with Gasteiger partial charge in [-0.2, -0.15) is 0 Å². The van der Waals surface area contributed by atoms with E-state index in [1.165, 1.54) is 4.68 Å². The smallest absolute Gasteiger partial charge is 0.309 e. The van der Waals surface area contributed by atoms with Crippen molar-refractivity contribution in [1.82, 2.24) is 19.7 Å². The molecule has 0 spiro atoms. The third-order valence-corrected chi connectivity index (χ3v) is 5.50. The number of carboxylic acids is 1. The number of aromatic nitrogens is 3. The summed E-state index contributed by atoms with van der Waals surface area (Å²) in [6.07, 6.45) is 0. The molecule has 4 rings (SSSR count). The molecule has 1 saturated heterocycles. The van der Waals surface area contributed by atoms with Gasteiger partial charge in [0, 0.05) is 25.3 Å². The number of carbonyl (C=O) groups excluding carboxylic acids is 1. The van der Waals surface area contributed by atoms with Crippen LogP contribution < -0.4 is 5.32 Å². The summed E-state index contributed by atoms with van der Waals surface area (Å²) in [6.45, 7) is 1.72. The molecule has 0 aliphatic carbocycles. The molecule has 0 radical (unpaired) electrons. The second-order valence-electron chi connectivity index (χ2n) is 7.38. The summed E-state index contributed by atoms with van der Waals surface area (Å²) in [5, 5.41) is 15.9. The molecule has 0 atom stereocenters. The molecule has 1 aromatic heterocycles. The van der Waals surface area contributed by atoms with Gasteiger partial charge in [0.25, 0.3) is 5.91 Å². The fourth-order valence-corrected chi connectivity index (χ4v) is 3.70. The first-order valence-electron chi connectivity index (χ1n) is 9.66. The molecule has 8 nitrogen and oxygen atoms in total. The van der Waals surface area contributed by atoms with E-state index in [0.717, 1.165) is 5.56 Å². The highest BCUT2D eigenvalue weighted by molar-refractivity contribution is 6.66. The van der Waals surface area contributed by atoms with Gasteiger partial charge >= 0.3 is 5.97 Å². The number of para-hydroxylation sites is 1. The SMILES string of the molecule is O=C(Nc1ccc(CN2CC(C(=O)O)C2)cc1)c1nc(C(Cl)(Cl)Cl)n(-c2ccccc2)n1. The van der Waals surface area contributed by atoms with Crippen molar-refractivity contribution >= 4 is 52.4 Å². The summed E-state index contributed by atoms with van der Waals surface area (Å²) >= 11 is 18.1. The normalized spacial score (nSPS) is 14.7. The van der Waals surface area contributed by atoms with Gasteiger partial charge in [0.15, 0.2) is 5.82 Å². The zero-order valence-electron chi connectivity index (χ0n) is 16.6. The van der Waals surface area contributed by atoms with Gasteiger partial charge in [-0.25, -0.2) is 9.67 Å². The number of aliphatic carboxylic acids is 1. The van der Waals surface area contributed by atoms with E-state index in [-0.39, 0.29) is 17.6 Å². The number of carboxylic acid groups (broad SMARTS) is 1. The number of benzene rings is 2. The quantitative estimate of drug-likeness (QED) is 0.505. The molecule has 11 heteroatoms. The van der Waals surface area contributed by atoms with Crippen LogP contribution in [0, 0.1) is 5.92 Å². The van der Waals surface area contributed by atoms with Gasteiger partial charge in [-0.1, -0.05) is 65.1 Å². The van der Waals surface area contributed by atoms with Crippen molar-refractivity contribution in [2.45, 2.75) is 10.3 Å². The number of nitrogens with zero attached hydrogens (tertiary/aromatic N) is 4. The summed E-state index contributed by atoms with van der Waals surface area (Å²) in [6, 6.07) is 16.2. The van der Waals surface area contributed by atoms with Gasteiger partial charge in [0.1, 0.15) is 0 Å². The molecule has 166 valence electrons. The van der Waals surface area contributed by atoms with Gasteiger partial charge in [0.05, 0.1) is 11.6 Å². The molecule has 1 amide bonds. The molecule has 0 unspecified atom stereocenters. The lowest BCUT2D eigenvalue weighted by atomic mass is 9.99. The van der Waals surface area contributed by atoms with Crippen LogP contribution in [0.5, 0.6) is 0 Å². The van der Waals surface area contributed by atoms with Crippen LogP contribution in [0.3, 0.4) is 0 Å². The average molecular weight is 495 g/mol. The monoisotopic (exact) mass is 493 g/mol. The molecular formula is C21H18Cl3N5O3. The Morgan fingerprint density at radius 1 is 1.06 bits per heavy atom. The van der Waals surface area contributed by atoms with Crippen molar-refractivity contribution in [3.8, 4) is 5.69 Å². The number of alkyl halides is 3. The Labute approximate surface area is 198 Å². The average Bonchev–Trinajstić information content (AvgIpc) is 3.18. The van der Waals surface area contributed by atoms with E-state index >= 15 is 0 Å². The third kappa shape index (κ3) is 5.05. The van der Waals surface area contributed by atoms with Gasteiger partial charge in [-0.3, -0.25) is 14.5 Å². The van der Waals surface area contributed by atoms with Crippen molar-refractivity contribution in [3.63, 3.8) is 0 Å². The molecule has 2 aromatic carbocycles. The highest BCUT2D eigenvalue weighted by atomic mass is 35.6. The highest BCUT2D eigenvalue weighted by Crippen LogP contribution is 2.38. The maximum absolute atomic E-state index is 12.7. The first-order chi connectivity index (χ1) is 15.2. The maximum Gasteiger partial charge on any atom is 0.309 e. The Morgan fingerprint density at radius 3 is 2.31 bits per heavy atom. The summed E-state index contributed by atoms with van der Waals surface area (Å²) < 4.78 is -0.554. The maximum atomic E-state index is 12.7. The fraction of sp³-hybridized carbons (Fsp3) is 0.238. The molecule has 2 heterocycles. The zero-order chi connectivity index (χ0) is 22.9. The van der Waals surface area contributed by atoms with E-state index in [4.69, 9.17) is 39.9 Å². The fourth-order valence-electron chi connectivity index (χ4n) is 3.33. The minimum atomic E-state index is -1.88. The number of likely N-dealkylation sites (tertiary alicyclic amines) is 1. The minimum absolute atomic E-state index is 0.00316. The number of amides is 1. The number of halogens is 3. The van der Waals surface area contributed by atoms with Crippen LogP contribution in [0.4, 0.5) is 5.69 Å². The second-order valence-corrected chi connectivity index (χ2v) is 9.67. The van der Waals surface area contributed by atoms with Crippen LogP contribution in [0.2, 0.25) is 0 Å². The number of hydrogen-bond acceptors (Lipinski definition) is 5. The predicted molar refractivity (Wildman–Crippen MR) is 121 cm³/mol. The van der Waals surface area contributed by atoms with Gasteiger partial charge < -0.3 is 10.4 Å². The summed E-state index contributed by atoms with van der Waals surface area (Å²) in [5.41, 5.74) is 2.16. The molecule has 32 heavy (non-hydrogen) atoms. The lowest BCUT2D eigenvalue weighted by Gasteiger charge is -2.36. The van der Waals surface area contributed by atoms with Crippen molar-refractivity contribution in [3.05, 3.63) is 71.8 Å². The lowest BCUT2D eigenvalue weighted by Crippen LogP contribution is -2.49. The third-order valence-electron chi connectivity index (χ3n) is 4.99. The van der Waals surface area contributed by atoms with Gasteiger partial charge in [-0.15, -0.1) is 5.10 Å². The van der Waals surface area contributed by atoms with E-state index < -0.39 is 15.7 Å². The molecule has 0 bridgehead atoms. The zero-order valence-corrected chi connectivity index (χ0v) is 18.8. The van der Waals surface area contributed by atoms with E-state index in [0.29, 0.717) is 31.0 Å². The van der Waals surface area contributed by atoms with E-state index in [2.05, 4.69) is 15.4 Å².